The number of pyridine rings is 3. The van der Waals surface area contributed by atoms with E-state index < -0.39 is 11.7 Å². The molecule has 160 valence electrons. The zero-order valence-corrected chi connectivity index (χ0v) is 18.3. The average molecular weight is 440 g/mol. The number of fused-ring (bicyclic) bond motifs is 1. The van der Waals surface area contributed by atoms with Gasteiger partial charge in [-0.05, 0) is 51.1 Å². The van der Waals surface area contributed by atoms with E-state index in [1.165, 1.54) is 6.20 Å². The normalized spacial score (nSPS) is 12.3. The molecule has 1 amide bonds. The van der Waals surface area contributed by atoms with E-state index in [2.05, 4.69) is 25.3 Å². The van der Waals surface area contributed by atoms with Gasteiger partial charge in [-0.3, -0.25) is 10.3 Å². The van der Waals surface area contributed by atoms with Crippen molar-refractivity contribution in [3.8, 4) is 0 Å². The van der Waals surface area contributed by atoms with E-state index in [0.717, 1.165) is 22.2 Å². The molecule has 0 radical (unpaired) electrons. The van der Waals surface area contributed by atoms with Crippen LogP contribution in [0.15, 0.2) is 48.9 Å². The number of carbonyl (C=O) groups is 1. The standard InChI is InChI=1S/C22H23ClN6O2/c1-22(2,3)31-21(30)29-20-7-4-14(11-27-20)10-25-12-16(9-24)15-8-18-17(26-13-15)5-6-19(23)28-18/h4-9,11-13H,10,24H2,1-3H3,(H,27,29,30)/p+1. The largest absolute Gasteiger partial charge is 0.444 e. The second kappa shape index (κ2) is 9.53. The van der Waals surface area contributed by atoms with Gasteiger partial charge in [0.1, 0.15) is 16.6 Å². The van der Waals surface area contributed by atoms with Crippen molar-refractivity contribution in [1.82, 2.24) is 15.0 Å². The Labute approximate surface area is 185 Å². The molecule has 4 N–H and O–H groups in total. The summed E-state index contributed by atoms with van der Waals surface area (Å²) in [6.45, 7) is 5.92. The van der Waals surface area contributed by atoms with Crippen molar-refractivity contribution in [2.75, 3.05) is 5.32 Å². The lowest BCUT2D eigenvalue weighted by Crippen LogP contribution is -2.67. The number of aromatic nitrogens is 3. The average Bonchev–Trinajstić information content (AvgIpc) is 2.70. The second-order valence-electron chi connectivity index (χ2n) is 7.72. The highest BCUT2D eigenvalue weighted by molar-refractivity contribution is 6.29. The molecule has 0 saturated carbocycles. The van der Waals surface area contributed by atoms with Crippen molar-refractivity contribution in [2.45, 2.75) is 32.9 Å². The number of hydrogen-bond donors (Lipinski definition) is 3. The lowest BCUT2D eigenvalue weighted by molar-refractivity contribution is -0.468. The van der Waals surface area contributed by atoms with Crippen LogP contribution in [-0.4, -0.2) is 32.9 Å². The highest BCUT2D eigenvalue weighted by Gasteiger charge is 2.16. The number of nitrogens with two attached hydrogens (primary N) is 1. The summed E-state index contributed by atoms with van der Waals surface area (Å²) in [5.74, 6) is 0.415. The lowest BCUT2D eigenvalue weighted by Gasteiger charge is -2.19. The molecule has 0 saturated heterocycles. The highest BCUT2D eigenvalue weighted by Crippen LogP contribution is 2.18. The summed E-state index contributed by atoms with van der Waals surface area (Å²) in [4.78, 5) is 27.9. The van der Waals surface area contributed by atoms with Crippen LogP contribution in [0.1, 0.15) is 31.9 Å². The maximum absolute atomic E-state index is 11.8. The summed E-state index contributed by atoms with van der Waals surface area (Å²) in [6.07, 6.45) is 6.14. The Balaban J connectivity index is 1.63. The molecule has 0 aliphatic heterocycles. The van der Waals surface area contributed by atoms with E-state index >= 15 is 0 Å². The third-order valence-electron chi connectivity index (χ3n) is 4.03. The van der Waals surface area contributed by atoms with Crippen LogP contribution in [0, 0.1) is 0 Å². The van der Waals surface area contributed by atoms with Crippen molar-refractivity contribution in [2.24, 2.45) is 5.73 Å². The number of amides is 1. The first-order chi connectivity index (χ1) is 14.7. The quantitative estimate of drug-likeness (QED) is 0.415. The molecule has 3 heterocycles. The molecule has 0 atom stereocenters. The summed E-state index contributed by atoms with van der Waals surface area (Å²) in [6, 6.07) is 8.96. The minimum atomic E-state index is -0.569. The number of allylic oxidation sites excluding steroid dienone is 1. The van der Waals surface area contributed by atoms with Crippen LogP contribution in [-0.2, 0) is 11.3 Å². The van der Waals surface area contributed by atoms with Crippen molar-refractivity contribution in [3.05, 3.63) is 65.2 Å². The van der Waals surface area contributed by atoms with Gasteiger partial charge in [0, 0.05) is 29.7 Å². The van der Waals surface area contributed by atoms with Gasteiger partial charge in [-0.15, -0.1) is 0 Å². The van der Waals surface area contributed by atoms with Crippen LogP contribution in [0.5, 0.6) is 0 Å². The monoisotopic (exact) mass is 439 g/mol. The zero-order chi connectivity index (χ0) is 22.4. The molecule has 0 fully saturated rings. The van der Waals surface area contributed by atoms with Crippen LogP contribution in [0.25, 0.3) is 16.6 Å². The molecule has 0 aliphatic rings. The van der Waals surface area contributed by atoms with E-state index in [4.69, 9.17) is 22.1 Å². The molecule has 3 aromatic heterocycles. The number of hydrogen-bond acceptors (Lipinski definition) is 6. The SMILES string of the molecule is CC(C)(C)OC(=O)Nc1ccc(C[NH+]=CC(=CN)c2cnc3ccc(Cl)nc3c2)cn1. The van der Waals surface area contributed by atoms with Gasteiger partial charge >= 0.3 is 6.09 Å². The molecular formula is C22H24ClN6O2+. The fourth-order valence-electron chi connectivity index (χ4n) is 2.66. The maximum Gasteiger partial charge on any atom is 0.413 e. The van der Waals surface area contributed by atoms with Gasteiger partial charge in [0.2, 0.25) is 0 Å². The predicted molar refractivity (Wildman–Crippen MR) is 122 cm³/mol. The minimum Gasteiger partial charge on any atom is -0.444 e. The van der Waals surface area contributed by atoms with Crippen molar-refractivity contribution >= 4 is 46.3 Å². The van der Waals surface area contributed by atoms with Crippen molar-refractivity contribution < 1.29 is 14.5 Å². The van der Waals surface area contributed by atoms with Gasteiger partial charge in [0.25, 0.3) is 0 Å². The van der Waals surface area contributed by atoms with E-state index in [0.29, 0.717) is 23.0 Å². The Morgan fingerprint density at radius 1 is 1.19 bits per heavy atom. The van der Waals surface area contributed by atoms with E-state index in [9.17, 15) is 4.79 Å². The van der Waals surface area contributed by atoms with Crippen LogP contribution < -0.4 is 16.0 Å². The number of nitrogens with one attached hydrogen (secondary N) is 2. The van der Waals surface area contributed by atoms with Crippen LogP contribution in [0.2, 0.25) is 5.15 Å². The Morgan fingerprint density at radius 3 is 2.68 bits per heavy atom. The maximum atomic E-state index is 11.8. The first-order valence-corrected chi connectivity index (χ1v) is 9.97. The molecule has 0 bridgehead atoms. The Bertz CT molecular complexity index is 1140. The molecular weight excluding hydrogens is 416 g/mol. The molecule has 9 heteroatoms. The van der Waals surface area contributed by atoms with Crippen LogP contribution in [0.3, 0.4) is 0 Å². The van der Waals surface area contributed by atoms with Gasteiger partial charge in [-0.25, -0.2) is 19.8 Å². The summed E-state index contributed by atoms with van der Waals surface area (Å²) in [5.41, 5.74) is 9.16. The summed E-state index contributed by atoms with van der Waals surface area (Å²) < 4.78 is 5.21. The number of carbonyl (C=O) groups excluding carboxylic acids is 1. The third-order valence-corrected chi connectivity index (χ3v) is 4.24. The molecule has 31 heavy (non-hydrogen) atoms. The molecule has 3 rings (SSSR count). The molecule has 0 aromatic carbocycles. The summed E-state index contributed by atoms with van der Waals surface area (Å²) >= 11 is 5.97. The minimum absolute atomic E-state index is 0.406. The molecule has 0 unspecified atom stereocenters. The Kier molecular flexibility index (Phi) is 6.81. The zero-order valence-electron chi connectivity index (χ0n) is 17.5. The topological polar surface area (TPSA) is 117 Å². The number of nitrogens with zero attached hydrogens (tertiary/aromatic N) is 3. The number of rotatable bonds is 5. The number of ether oxygens (including phenoxy) is 1. The molecule has 0 aliphatic carbocycles. The number of anilines is 1. The number of halogens is 1. The smallest absolute Gasteiger partial charge is 0.413 e. The van der Waals surface area contributed by atoms with E-state index in [1.54, 1.807) is 51.5 Å². The predicted octanol–water partition coefficient (Wildman–Crippen LogP) is 2.68. The first kappa shape index (κ1) is 22.2. The van der Waals surface area contributed by atoms with Crippen molar-refractivity contribution in [1.29, 1.82) is 0 Å². The van der Waals surface area contributed by atoms with Crippen LogP contribution in [0.4, 0.5) is 10.6 Å². The fourth-order valence-corrected chi connectivity index (χ4v) is 2.81. The van der Waals surface area contributed by atoms with Gasteiger partial charge in [0.05, 0.1) is 16.6 Å². The summed E-state index contributed by atoms with van der Waals surface area (Å²) in [7, 11) is 0. The molecule has 8 nitrogen and oxygen atoms in total. The molecule has 0 spiro atoms. The van der Waals surface area contributed by atoms with Gasteiger partial charge < -0.3 is 10.5 Å². The fraction of sp³-hybridized carbons (Fsp3) is 0.227. The van der Waals surface area contributed by atoms with Gasteiger partial charge in [0.15, 0.2) is 12.8 Å². The first-order valence-electron chi connectivity index (χ1n) is 9.59. The Hall–Kier alpha value is -3.52. The lowest BCUT2D eigenvalue weighted by atomic mass is 10.1. The molecule has 3 aromatic rings. The van der Waals surface area contributed by atoms with E-state index in [-0.39, 0.29) is 0 Å². The highest BCUT2D eigenvalue weighted by atomic mass is 35.5. The Morgan fingerprint density at radius 2 is 2.00 bits per heavy atom. The third kappa shape index (κ3) is 6.48. The van der Waals surface area contributed by atoms with E-state index in [1.807, 2.05) is 18.2 Å². The van der Waals surface area contributed by atoms with Gasteiger partial charge in [-0.1, -0.05) is 11.6 Å². The van der Waals surface area contributed by atoms with Crippen LogP contribution >= 0.6 is 11.6 Å². The van der Waals surface area contributed by atoms with Gasteiger partial charge in [-0.2, -0.15) is 0 Å². The van der Waals surface area contributed by atoms with Crippen molar-refractivity contribution in [3.63, 3.8) is 0 Å². The summed E-state index contributed by atoms with van der Waals surface area (Å²) in [5, 5.41) is 3.01. The second-order valence-corrected chi connectivity index (χ2v) is 8.11.